The molecule has 0 spiro atoms. The average molecular weight is 390 g/mol. The molecule has 0 saturated heterocycles. The van der Waals surface area contributed by atoms with Crippen LogP contribution in [0.2, 0.25) is 0 Å². The Kier molecular flexibility index (Phi) is 6.08. The van der Waals surface area contributed by atoms with E-state index in [2.05, 4.69) is 9.72 Å². The minimum Gasteiger partial charge on any atom is -0.468 e. The van der Waals surface area contributed by atoms with Crippen molar-refractivity contribution >= 4 is 39.3 Å². The highest BCUT2D eigenvalue weighted by molar-refractivity contribution is 7.99. The average Bonchev–Trinajstić information content (AvgIpc) is 3.10. The molecule has 3 rings (SSSR count). The fourth-order valence-electron chi connectivity index (χ4n) is 2.41. The third-order valence-electron chi connectivity index (χ3n) is 3.74. The van der Waals surface area contributed by atoms with Crippen LogP contribution in [0.3, 0.4) is 0 Å². The second kappa shape index (κ2) is 8.48. The lowest BCUT2D eigenvalue weighted by Crippen LogP contribution is -2.25. The molecule has 0 atom stereocenters. The topological polar surface area (TPSA) is 70.4 Å². The van der Waals surface area contributed by atoms with Crippen molar-refractivity contribution in [2.75, 3.05) is 26.6 Å². The molecule has 0 N–H and O–H groups in total. The van der Waals surface area contributed by atoms with Crippen LogP contribution in [-0.2, 0) is 20.8 Å². The van der Waals surface area contributed by atoms with E-state index in [-0.39, 0.29) is 17.3 Å². The van der Waals surface area contributed by atoms with Crippen LogP contribution < -0.4 is 5.56 Å². The molecule has 0 aliphatic heterocycles. The molecular formula is C18H18N2O4S2. The molecule has 6 nitrogen and oxygen atoms in total. The van der Waals surface area contributed by atoms with Crippen LogP contribution in [-0.4, -0.2) is 42.1 Å². The van der Waals surface area contributed by atoms with Gasteiger partial charge in [0.05, 0.1) is 31.4 Å². The molecule has 3 aromatic rings. The van der Waals surface area contributed by atoms with Crippen molar-refractivity contribution in [3.05, 3.63) is 46.8 Å². The zero-order valence-electron chi connectivity index (χ0n) is 14.4. The Bertz CT molecular complexity index is 966. The van der Waals surface area contributed by atoms with Gasteiger partial charge in [0.15, 0.2) is 5.16 Å². The van der Waals surface area contributed by atoms with Gasteiger partial charge in [0.1, 0.15) is 4.83 Å². The minimum atomic E-state index is -0.362. The first kappa shape index (κ1) is 18.6. The quantitative estimate of drug-likeness (QED) is 0.351. The number of fused-ring (bicyclic) bond motifs is 1. The van der Waals surface area contributed by atoms with Crippen LogP contribution in [0.5, 0.6) is 0 Å². The Morgan fingerprint density at radius 3 is 2.73 bits per heavy atom. The van der Waals surface area contributed by atoms with E-state index in [0.29, 0.717) is 28.5 Å². The Morgan fingerprint density at radius 2 is 2.04 bits per heavy atom. The summed E-state index contributed by atoms with van der Waals surface area (Å²) in [5.41, 5.74) is 0.917. The molecule has 2 heterocycles. The number of aromatic nitrogens is 2. The highest BCUT2D eigenvalue weighted by atomic mass is 32.2. The molecule has 136 valence electrons. The number of thioether (sulfide) groups is 1. The zero-order chi connectivity index (χ0) is 18.5. The lowest BCUT2D eigenvalue weighted by Gasteiger charge is -2.10. The van der Waals surface area contributed by atoms with Gasteiger partial charge in [0.25, 0.3) is 5.56 Å². The molecule has 0 radical (unpaired) electrons. The molecule has 0 amide bonds. The summed E-state index contributed by atoms with van der Waals surface area (Å²) in [4.78, 5) is 30.7. The molecule has 0 aliphatic carbocycles. The maximum atomic E-state index is 13.0. The van der Waals surface area contributed by atoms with Gasteiger partial charge < -0.3 is 9.47 Å². The number of carbonyl (C=O) groups excluding carboxylic acids is 1. The van der Waals surface area contributed by atoms with E-state index in [0.717, 1.165) is 10.4 Å². The molecule has 0 unspecified atom stereocenters. The normalized spacial score (nSPS) is 11.0. The molecular weight excluding hydrogens is 372 g/mol. The van der Waals surface area contributed by atoms with E-state index in [9.17, 15) is 9.59 Å². The molecule has 0 aliphatic rings. The van der Waals surface area contributed by atoms with Gasteiger partial charge in [-0.15, -0.1) is 11.3 Å². The zero-order valence-corrected chi connectivity index (χ0v) is 16.1. The summed E-state index contributed by atoms with van der Waals surface area (Å²) >= 11 is 2.66. The highest BCUT2D eigenvalue weighted by Gasteiger charge is 2.16. The van der Waals surface area contributed by atoms with Crippen LogP contribution >= 0.6 is 23.1 Å². The number of hydrogen-bond donors (Lipinski definition) is 0. The minimum absolute atomic E-state index is 0.0956. The first-order valence-electron chi connectivity index (χ1n) is 7.92. The fraction of sp³-hybridized carbons (Fsp3) is 0.278. The summed E-state index contributed by atoms with van der Waals surface area (Å²) in [5.74, 6) is -0.267. The standard InChI is InChI=1S/C18H18N2O4S2/c1-23-9-8-20-17(22)13-10-14(12-6-4-3-5-7-12)26-16(13)19-18(20)25-11-15(21)24-2/h3-7,10H,8-9,11H2,1-2H3. The van der Waals surface area contributed by atoms with E-state index >= 15 is 0 Å². The van der Waals surface area contributed by atoms with Crippen LogP contribution in [0.25, 0.3) is 20.7 Å². The smallest absolute Gasteiger partial charge is 0.316 e. The molecule has 26 heavy (non-hydrogen) atoms. The summed E-state index contributed by atoms with van der Waals surface area (Å²) in [6, 6.07) is 11.8. The van der Waals surface area contributed by atoms with Gasteiger partial charge in [0.2, 0.25) is 0 Å². The summed E-state index contributed by atoms with van der Waals surface area (Å²) in [6.07, 6.45) is 0. The Morgan fingerprint density at radius 1 is 1.27 bits per heavy atom. The molecule has 0 bridgehead atoms. The highest BCUT2D eigenvalue weighted by Crippen LogP contribution is 2.32. The Balaban J connectivity index is 2.06. The van der Waals surface area contributed by atoms with Gasteiger partial charge in [-0.25, -0.2) is 4.98 Å². The van der Waals surface area contributed by atoms with Crippen LogP contribution in [0.4, 0.5) is 0 Å². The lowest BCUT2D eigenvalue weighted by atomic mass is 10.2. The number of thiophene rings is 1. The number of esters is 1. The van der Waals surface area contributed by atoms with Crippen molar-refractivity contribution < 1.29 is 14.3 Å². The number of rotatable bonds is 7. The summed E-state index contributed by atoms with van der Waals surface area (Å²) < 4.78 is 11.3. The van der Waals surface area contributed by atoms with E-state index in [1.54, 1.807) is 11.7 Å². The predicted molar refractivity (Wildman–Crippen MR) is 104 cm³/mol. The second-order valence-corrected chi connectivity index (χ2v) is 7.38. The van der Waals surface area contributed by atoms with Crippen molar-refractivity contribution in [2.45, 2.75) is 11.7 Å². The fourth-order valence-corrected chi connectivity index (χ4v) is 4.35. The van der Waals surface area contributed by atoms with Crippen molar-refractivity contribution in [3.8, 4) is 10.4 Å². The van der Waals surface area contributed by atoms with E-state index in [4.69, 9.17) is 4.74 Å². The summed E-state index contributed by atoms with van der Waals surface area (Å²) in [5, 5.41) is 1.07. The van der Waals surface area contributed by atoms with Crippen molar-refractivity contribution in [1.82, 2.24) is 9.55 Å². The third kappa shape index (κ3) is 3.98. The van der Waals surface area contributed by atoms with Gasteiger partial charge in [-0.05, 0) is 11.6 Å². The molecule has 2 aromatic heterocycles. The van der Waals surface area contributed by atoms with Crippen LogP contribution in [0, 0.1) is 0 Å². The molecule has 8 heteroatoms. The van der Waals surface area contributed by atoms with Gasteiger partial charge in [-0.2, -0.15) is 0 Å². The number of ether oxygens (including phenoxy) is 2. The second-order valence-electron chi connectivity index (χ2n) is 5.40. The SMILES string of the molecule is COCCn1c(SCC(=O)OC)nc2sc(-c3ccccc3)cc2c1=O. The summed E-state index contributed by atoms with van der Waals surface area (Å²) in [7, 11) is 2.92. The first-order chi connectivity index (χ1) is 12.6. The Labute approximate surface area is 158 Å². The lowest BCUT2D eigenvalue weighted by molar-refractivity contribution is -0.137. The number of carbonyl (C=O) groups is 1. The third-order valence-corrected chi connectivity index (χ3v) is 5.77. The number of hydrogen-bond acceptors (Lipinski definition) is 7. The van der Waals surface area contributed by atoms with Crippen molar-refractivity contribution in [3.63, 3.8) is 0 Å². The molecule has 0 saturated carbocycles. The van der Waals surface area contributed by atoms with Gasteiger partial charge in [0, 0.05) is 12.0 Å². The van der Waals surface area contributed by atoms with Gasteiger partial charge >= 0.3 is 5.97 Å². The van der Waals surface area contributed by atoms with Crippen LogP contribution in [0.1, 0.15) is 0 Å². The maximum Gasteiger partial charge on any atom is 0.316 e. The van der Waals surface area contributed by atoms with Gasteiger partial charge in [-0.3, -0.25) is 14.2 Å². The van der Waals surface area contributed by atoms with Crippen molar-refractivity contribution in [1.29, 1.82) is 0 Å². The van der Waals surface area contributed by atoms with Crippen molar-refractivity contribution in [2.24, 2.45) is 0 Å². The largest absolute Gasteiger partial charge is 0.468 e. The van der Waals surface area contributed by atoms with E-state index in [1.807, 2.05) is 36.4 Å². The Hall–Kier alpha value is -2.16. The molecule has 1 aromatic carbocycles. The number of nitrogens with zero attached hydrogens (tertiary/aromatic N) is 2. The first-order valence-corrected chi connectivity index (χ1v) is 9.72. The van der Waals surface area contributed by atoms with Crippen LogP contribution in [0.15, 0.2) is 46.3 Å². The summed E-state index contributed by atoms with van der Waals surface area (Å²) in [6.45, 7) is 0.757. The van der Waals surface area contributed by atoms with E-state index < -0.39 is 0 Å². The van der Waals surface area contributed by atoms with E-state index in [1.165, 1.54) is 30.2 Å². The van der Waals surface area contributed by atoms with Gasteiger partial charge in [-0.1, -0.05) is 42.1 Å². The molecule has 0 fully saturated rings. The number of benzene rings is 1. The predicted octanol–water partition coefficient (Wildman–Crippen LogP) is 3.04. The maximum absolute atomic E-state index is 13.0. The number of methoxy groups -OCH3 is 2. The monoisotopic (exact) mass is 390 g/mol.